The molecular formula is C21H14F3N3O2. The maximum Gasteiger partial charge on any atom is 0.314 e. The molecule has 2 aromatic carbocycles. The maximum absolute atomic E-state index is 14.7. The molecular weight excluding hydrogens is 383 g/mol. The van der Waals surface area contributed by atoms with Gasteiger partial charge in [0.05, 0.1) is 12.2 Å². The lowest BCUT2D eigenvalue weighted by Gasteiger charge is -2.13. The molecule has 146 valence electrons. The molecule has 0 aliphatic rings. The molecule has 0 bridgehead atoms. The van der Waals surface area contributed by atoms with Gasteiger partial charge in [-0.15, -0.1) is 10.2 Å². The second kappa shape index (κ2) is 7.75. The van der Waals surface area contributed by atoms with Crippen molar-refractivity contribution in [1.29, 1.82) is 0 Å². The van der Waals surface area contributed by atoms with Gasteiger partial charge in [-0.25, -0.2) is 4.39 Å². The van der Waals surface area contributed by atoms with E-state index in [1.807, 2.05) is 30.3 Å². The van der Waals surface area contributed by atoms with Gasteiger partial charge in [-0.3, -0.25) is 4.79 Å². The minimum Gasteiger partial charge on any atom is -0.415 e. The summed E-state index contributed by atoms with van der Waals surface area (Å²) in [4.78, 5) is 12.4. The Morgan fingerprint density at radius 1 is 0.931 bits per heavy atom. The van der Waals surface area contributed by atoms with Crippen molar-refractivity contribution < 1.29 is 17.6 Å². The molecule has 2 aromatic heterocycles. The zero-order valence-electron chi connectivity index (χ0n) is 14.9. The van der Waals surface area contributed by atoms with E-state index in [9.17, 15) is 18.0 Å². The third kappa shape index (κ3) is 3.82. The molecule has 2 heterocycles. The van der Waals surface area contributed by atoms with Crippen molar-refractivity contribution in [1.82, 2.24) is 14.8 Å². The van der Waals surface area contributed by atoms with E-state index in [-0.39, 0.29) is 29.1 Å². The van der Waals surface area contributed by atoms with E-state index in [0.29, 0.717) is 5.69 Å². The number of benzene rings is 2. The van der Waals surface area contributed by atoms with Gasteiger partial charge in [0, 0.05) is 17.2 Å². The minimum atomic E-state index is -2.90. The van der Waals surface area contributed by atoms with Crippen LogP contribution in [0.2, 0.25) is 0 Å². The van der Waals surface area contributed by atoms with Gasteiger partial charge in [-0.2, -0.15) is 8.78 Å². The Balaban J connectivity index is 1.68. The molecule has 0 aliphatic heterocycles. The van der Waals surface area contributed by atoms with Crippen molar-refractivity contribution in [3.8, 4) is 22.7 Å². The molecule has 29 heavy (non-hydrogen) atoms. The van der Waals surface area contributed by atoms with Crippen molar-refractivity contribution in [2.75, 3.05) is 0 Å². The van der Waals surface area contributed by atoms with Crippen LogP contribution in [0, 0.1) is 5.82 Å². The number of halogens is 3. The molecule has 0 fully saturated rings. The van der Waals surface area contributed by atoms with Gasteiger partial charge in [0.2, 0.25) is 5.89 Å². The Kier molecular flexibility index (Phi) is 4.99. The molecule has 0 unspecified atom stereocenters. The van der Waals surface area contributed by atoms with Gasteiger partial charge in [-0.05, 0) is 23.8 Å². The molecule has 0 radical (unpaired) electrons. The third-order valence-electron chi connectivity index (χ3n) is 4.38. The molecule has 0 N–H and O–H groups in total. The lowest BCUT2D eigenvalue weighted by Crippen LogP contribution is -2.21. The van der Waals surface area contributed by atoms with E-state index in [4.69, 9.17) is 4.42 Å². The van der Waals surface area contributed by atoms with E-state index < -0.39 is 18.1 Å². The Morgan fingerprint density at radius 2 is 1.72 bits per heavy atom. The van der Waals surface area contributed by atoms with Crippen LogP contribution in [-0.2, 0) is 6.54 Å². The first-order valence-electron chi connectivity index (χ1n) is 8.68. The number of hydrogen-bond donors (Lipinski definition) is 0. The van der Waals surface area contributed by atoms with Crippen molar-refractivity contribution in [2.45, 2.75) is 13.0 Å². The van der Waals surface area contributed by atoms with E-state index >= 15 is 0 Å². The largest absolute Gasteiger partial charge is 0.415 e. The maximum atomic E-state index is 14.7. The zero-order valence-corrected chi connectivity index (χ0v) is 14.9. The SMILES string of the molecule is O=c1cccc(-c2ccccc2)n1Cc1ccc(-c2nnc(C(F)F)o2)cc1F. The Labute approximate surface area is 163 Å². The van der Waals surface area contributed by atoms with Crippen LogP contribution in [0.5, 0.6) is 0 Å². The van der Waals surface area contributed by atoms with E-state index in [0.717, 1.165) is 11.6 Å². The molecule has 0 spiro atoms. The van der Waals surface area contributed by atoms with Crippen LogP contribution in [0.25, 0.3) is 22.7 Å². The van der Waals surface area contributed by atoms with Crippen molar-refractivity contribution in [2.24, 2.45) is 0 Å². The summed E-state index contributed by atoms with van der Waals surface area (Å²) in [5.74, 6) is -1.64. The quantitative estimate of drug-likeness (QED) is 0.490. The lowest BCUT2D eigenvalue weighted by atomic mass is 10.1. The lowest BCUT2D eigenvalue weighted by molar-refractivity contribution is 0.116. The number of pyridine rings is 1. The predicted molar refractivity (Wildman–Crippen MR) is 99.9 cm³/mol. The van der Waals surface area contributed by atoms with Crippen LogP contribution in [-0.4, -0.2) is 14.8 Å². The minimum absolute atomic E-state index is 0.00211. The van der Waals surface area contributed by atoms with Crippen LogP contribution in [0.1, 0.15) is 17.9 Å². The monoisotopic (exact) mass is 397 g/mol. The van der Waals surface area contributed by atoms with Crippen LogP contribution >= 0.6 is 0 Å². The smallest absolute Gasteiger partial charge is 0.314 e. The van der Waals surface area contributed by atoms with E-state index in [1.54, 1.807) is 12.1 Å². The normalized spacial score (nSPS) is 11.2. The van der Waals surface area contributed by atoms with Crippen LogP contribution in [0.15, 0.2) is 75.9 Å². The molecule has 0 aliphatic carbocycles. The van der Waals surface area contributed by atoms with Crippen molar-refractivity contribution in [3.63, 3.8) is 0 Å². The number of hydrogen-bond acceptors (Lipinski definition) is 4. The molecule has 0 amide bonds. The summed E-state index contributed by atoms with van der Waals surface area (Å²) in [7, 11) is 0. The number of alkyl halides is 2. The Hall–Kier alpha value is -3.68. The standard InChI is InChI=1S/C21H14F3N3O2/c22-16-11-14(20-25-26-21(29-20)19(23)24)9-10-15(16)12-27-17(7-4-8-18(27)28)13-5-2-1-3-6-13/h1-11,19H,12H2. The van der Waals surface area contributed by atoms with Gasteiger partial charge in [0.25, 0.3) is 11.4 Å². The second-order valence-corrected chi connectivity index (χ2v) is 6.25. The molecule has 4 aromatic rings. The summed E-state index contributed by atoms with van der Waals surface area (Å²) in [5.41, 5.74) is 1.64. The molecule has 0 saturated carbocycles. The van der Waals surface area contributed by atoms with Gasteiger partial charge >= 0.3 is 6.43 Å². The average molecular weight is 397 g/mol. The molecule has 0 atom stereocenters. The highest BCUT2D eigenvalue weighted by atomic mass is 19.3. The second-order valence-electron chi connectivity index (χ2n) is 6.25. The highest BCUT2D eigenvalue weighted by molar-refractivity contribution is 5.59. The number of nitrogens with zero attached hydrogens (tertiary/aromatic N) is 3. The first-order valence-corrected chi connectivity index (χ1v) is 8.68. The van der Waals surface area contributed by atoms with Gasteiger partial charge in [-0.1, -0.05) is 42.5 Å². The fourth-order valence-corrected chi connectivity index (χ4v) is 2.96. The predicted octanol–water partition coefficient (Wildman–Crippen LogP) is 4.69. The number of aromatic nitrogens is 3. The third-order valence-corrected chi connectivity index (χ3v) is 4.38. The van der Waals surface area contributed by atoms with Gasteiger partial charge < -0.3 is 8.98 Å². The fraction of sp³-hybridized carbons (Fsp3) is 0.0952. The highest BCUT2D eigenvalue weighted by Gasteiger charge is 2.18. The summed E-state index contributed by atoms with van der Waals surface area (Å²) >= 11 is 0. The van der Waals surface area contributed by atoms with Crippen molar-refractivity contribution in [3.05, 3.63) is 94.4 Å². The van der Waals surface area contributed by atoms with E-state index in [2.05, 4.69) is 10.2 Å². The van der Waals surface area contributed by atoms with Crippen LogP contribution in [0.4, 0.5) is 13.2 Å². The van der Waals surface area contributed by atoms with Gasteiger partial charge in [0.15, 0.2) is 0 Å². The van der Waals surface area contributed by atoms with Crippen molar-refractivity contribution >= 4 is 0 Å². The summed E-state index contributed by atoms with van der Waals surface area (Å²) < 4.78 is 46.2. The van der Waals surface area contributed by atoms with E-state index in [1.165, 1.54) is 22.8 Å². The topological polar surface area (TPSA) is 60.9 Å². The highest BCUT2D eigenvalue weighted by Crippen LogP contribution is 2.25. The fourth-order valence-electron chi connectivity index (χ4n) is 2.96. The first-order chi connectivity index (χ1) is 14.0. The summed E-state index contributed by atoms with van der Waals surface area (Å²) in [6.07, 6.45) is -2.90. The van der Waals surface area contributed by atoms with Gasteiger partial charge in [0.1, 0.15) is 5.82 Å². The Morgan fingerprint density at radius 3 is 2.41 bits per heavy atom. The summed E-state index contributed by atoms with van der Waals surface area (Å²) in [6, 6.07) is 18.2. The first kappa shape index (κ1) is 18.7. The molecule has 8 heteroatoms. The summed E-state index contributed by atoms with van der Waals surface area (Å²) in [6.45, 7) is 0.00211. The summed E-state index contributed by atoms with van der Waals surface area (Å²) in [5, 5.41) is 6.75. The molecule has 0 saturated heterocycles. The van der Waals surface area contributed by atoms with Crippen LogP contribution < -0.4 is 5.56 Å². The number of rotatable bonds is 5. The average Bonchev–Trinajstić information content (AvgIpc) is 3.22. The molecule has 4 rings (SSSR count). The zero-order chi connectivity index (χ0) is 20.4. The van der Waals surface area contributed by atoms with Crippen LogP contribution in [0.3, 0.4) is 0 Å². The molecule has 5 nitrogen and oxygen atoms in total. The Bertz CT molecular complexity index is 1200.